The highest BCUT2D eigenvalue weighted by atomic mass is 16.5. The van der Waals surface area contributed by atoms with Crippen molar-refractivity contribution in [3.05, 3.63) is 35.9 Å². The molecule has 3 nitrogen and oxygen atoms in total. The zero-order chi connectivity index (χ0) is 13.4. The third kappa shape index (κ3) is 3.33. The summed E-state index contributed by atoms with van der Waals surface area (Å²) in [6, 6.07) is 12.2. The van der Waals surface area contributed by atoms with E-state index in [4.69, 9.17) is 0 Å². The Morgan fingerprint density at radius 1 is 1.39 bits per heavy atom. The van der Waals surface area contributed by atoms with E-state index in [1.54, 1.807) is 0 Å². The van der Waals surface area contributed by atoms with Gasteiger partial charge in [0.1, 0.15) is 0 Å². The van der Waals surface area contributed by atoms with Gasteiger partial charge in [0.15, 0.2) is 0 Å². The van der Waals surface area contributed by atoms with E-state index in [0.717, 1.165) is 12.0 Å². The molecule has 3 heteroatoms. The molecule has 0 saturated heterocycles. The standard InChI is InChI=1S/C15H19NO2/c1-3-15(12-16,11-7-10-14(17)18-2)13-8-5-4-6-9-13/h4-6,8-9H,3,7,10-11H2,1-2H3. The van der Waals surface area contributed by atoms with Crippen LogP contribution in [-0.4, -0.2) is 13.1 Å². The first kappa shape index (κ1) is 14.2. The molecule has 0 saturated carbocycles. The van der Waals surface area contributed by atoms with E-state index in [-0.39, 0.29) is 5.97 Å². The first-order valence-electron chi connectivity index (χ1n) is 6.22. The zero-order valence-electron chi connectivity index (χ0n) is 11.0. The minimum absolute atomic E-state index is 0.217. The Balaban J connectivity index is 2.76. The van der Waals surface area contributed by atoms with Crippen molar-refractivity contribution in [1.29, 1.82) is 5.26 Å². The van der Waals surface area contributed by atoms with Crippen LogP contribution >= 0.6 is 0 Å². The molecule has 96 valence electrons. The van der Waals surface area contributed by atoms with Crippen LogP contribution in [0.1, 0.15) is 38.2 Å². The van der Waals surface area contributed by atoms with Crippen LogP contribution in [-0.2, 0) is 14.9 Å². The lowest BCUT2D eigenvalue weighted by molar-refractivity contribution is -0.140. The Bertz CT molecular complexity index is 422. The fourth-order valence-corrected chi connectivity index (χ4v) is 2.12. The molecule has 0 N–H and O–H groups in total. The maximum absolute atomic E-state index is 11.1. The lowest BCUT2D eigenvalue weighted by Crippen LogP contribution is -2.23. The number of hydrogen-bond acceptors (Lipinski definition) is 3. The Morgan fingerprint density at radius 3 is 2.56 bits per heavy atom. The van der Waals surface area contributed by atoms with Crippen LogP contribution in [0.5, 0.6) is 0 Å². The van der Waals surface area contributed by atoms with Gasteiger partial charge in [0.2, 0.25) is 0 Å². The molecule has 0 heterocycles. The van der Waals surface area contributed by atoms with Gasteiger partial charge in [-0.3, -0.25) is 4.79 Å². The molecule has 0 bridgehead atoms. The van der Waals surface area contributed by atoms with Crippen LogP contribution in [0, 0.1) is 11.3 Å². The lowest BCUT2D eigenvalue weighted by atomic mass is 9.75. The zero-order valence-corrected chi connectivity index (χ0v) is 11.0. The Morgan fingerprint density at radius 2 is 2.06 bits per heavy atom. The molecular weight excluding hydrogens is 226 g/mol. The van der Waals surface area contributed by atoms with Gasteiger partial charge in [0, 0.05) is 6.42 Å². The first-order valence-corrected chi connectivity index (χ1v) is 6.22. The summed E-state index contributed by atoms with van der Waals surface area (Å²) in [7, 11) is 1.39. The summed E-state index contributed by atoms with van der Waals surface area (Å²) in [6.45, 7) is 2.01. The van der Waals surface area contributed by atoms with E-state index < -0.39 is 5.41 Å². The van der Waals surface area contributed by atoms with Gasteiger partial charge in [0.25, 0.3) is 0 Å². The smallest absolute Gasteiger partial charge is 0.305 e. The van der Waals surface area contributed by atoms with E-state index in [9.17, 15) is 10.1 Å². The number of methoxy groups -OCH3 is 1. The molecule has 0 radical (unpaired) electrons. The average Bonchev–Trinajstić information content (AvgIpc) is 2.44. The number of ether oxygens (including phenoxy) is 1. The Kier molecular flexibility index (Phi) is 5.38. The van der Waals surface area contributed by atoms with Crippen molar-refractivity contribution in [2.45, 2.75) is 38.0 Å². The summed E-state index contributed by atoms with van der Waals surface area (Å²) in [6.07, 6.45) is 2.46. The van der Waals surface area contributed by atoms with Gasteiger partial charge in [-0.1, -0.05) is 37.3 Å². The number of nitrogens with zero attached hydrogens (tertiary/aromatic N) is 1. The van der Waals surface area contributed by atoms with Crippen LogP contribution in [0.3, 0.4) is 0 Å². The van der Waals surface area contributed by atoms with Crippen molar-refractivity contribution in [2.24, 2.45) is 0 Å². The molecule has 18 heavy (non-hydrogen) atoms. The van der Waals surface area contributed by atoms with Gasteiger partial charge in [0.05, 0.1) is 18.6 Å². The number of carbonyl (C=O) groups is 1. The number of nitriles is 1. The summed E-state index contributed by atoms with van der Waals surface area (Å²) < 4.78 is 4.62. The second-order valence-corrected chi connectivity index (χ2v) is 4.34. The molecule has 0 aliphatic carbocycles. The summed E-state index contributed by atoms with van der Waals surface area (Å²) in [5.74, 6) is -0.217. The second kappa shape index (κ2) is 6.80. The molecule has 1 unspecified atom stereocenters. The SMILES string of the molecule is CCC(C#N)(CCCC(=O)OC)c1ccccc1. The number of rotatable bonds is 6. The monoisotopic (exact) mass is 245 g/mol. The highest BCUT2D eigenvalue weighted by Gasteiger charge is 2.29. The molecule has 0 aliphatic rings. The van der Waals surface area contributed by atoms with Gasteiger partial charge in [-0.05, 0) is 24.8 Å². The predicted octanol–water partition coefficient (Wildman–Crippen LogP) is 3.20. The molecule has 0 amide bonds. The Hall–Kier alpha value is -1.82. The second-order valence-electron chi connectivity index (χ2n) is 4.34. The van der Waals surface area contributed by atoms with Crippen LogP contribution in [0.4, 0.5) is 0 Å². The first-order chi connectivity index (χ1) is 8.68. The fraction of sp³-hybridized carbons (Fsp3) is 0.467. The van der Waals surface area contributed by atoms with Crippen molar-refractivity contribution in [3.63, 3.8) is 0 Å². The van der Waals surface area contributed by atoms with Crippen molar-refractivity contribution in [1.82, 2.24) is 0 Å². The number of benzene rings is 1. The number of hydrogen-bond donors (Lipinski definition) is 0. The van der Waals surface area contributed by atoms with E-state index in [2.05, 4.69) is 10.8 Å². The molecule has 0 aromatic heterocycles. The minimum Gasteiger partial charge on any atom is -0.469 e. The number of esters is 1. The van der Waals surface area contributed by atoms with E-state index in [1.165, 1.54) is 7.11 Å². The molecule has 1 atom stereocenters. The van der Waals surface area contributed by atoms with Crippen LogP contribution in [0.15, 0.2) is 30.3 Å². The van der Waals surface area contributed by atoms with Crippen LogP contribution in [0.25, 0.3) is 0 Å². The minimum atomic E-state index is -0.491. The molecular formula is C15H19NO2. The van der Waals surface area contributed by atoms with Gasteiger partial charge in [-0.2, -0.15) is 5.26 Å². The summed E-state index contributed by atoms with van der Waals surface area (Å²) >= 11 is 0. The van der Waals surface area contributed by atoms with Gasteiger partial charge in [-0.15, -0.1) is 0 Å². The molecule has 0 aliphatic heterocycles. The predicted molar refractivity (Wildman–Crippen MR) is 69.9 cm³/mol. The normalized spacial score (nSPS) is 13.4. The fourth-order valence-electron chi connectivity index (χ4n) is 2.12. The molecule has 1 aromatic rings. The molecule has 0 fully saturated rings. The maximum atomic E-state index is 11.1. The molecule has 1 rings (SSSR count). The molecule has 1 aromatic carbocycles. The highest BCUT2D eigenvalue weighted by molar-refractivity contribution is 5.69. The largest absolute Gasteiger partial charge is 0.469 e. The molecule has 0 spiro atoms. The van der Waals surface area contributed by atoms with Gasteiger partial charge in [-0.25, -0.2) is 0 Å². The third-order valence-electron chi connectivity index (χ3n) is 3.36. The third-order valence-corrected chi connectivity index (χ3v) is 3.36. The van der Waals surface area contributed by atoms with E-state index >= 15 is 0 Å². The van der Waals surface area contributed by atoms with Crippen molar-refractivity contribution in [2.75, 3.05) is 7.11 Å². The van der Waals surface area contributed by atoms with Crippen molar-refractivity contribution >= 4 is 5.97 Å². The van der Waals surface area contributed by atoms with Gasteiger partial charge >= 0.3 is 5.97 Å². The topological polar surface area (TPSA) is 50.1 Å². The van der Waals surface area contributed by atoms with Crippen molar-refractivity contribution < 1.29 is 9.53 Å². The van der Waals surface area contributed by atoms with Crippen LogP contribution in [0.2, 0.25) is 0 Å². The van der Waals surface area contributed by atoms with Crippen molar-refractivity contribution in [3.8, 4) is 6.07 Å². The van der Waals surface area contributed by atoms with Crippen LogP contribution < -0.4 is 0 Å². The average molecular weight is 245 g/mol. The van der Waals surface area contributed by atoms with Gasteiger partial charge < -0.3 is 4.74 Å². The summed E-state index contributed by atoms with van der Waals surface area (Å²) in [5.41, 5.74) is 0.537. The summed E-state index contributed by atoms with van der Waals surface area (Å²) in [4.78, 5) is 11.1. The lowest BCUT2D eigenvalue weighted by Gasteiger charge is -2.25. The maximum Gasteiger partial charge on any atom is 0.305 e. The quantitative estimate of drug-likeness (QED) is 0.723. The highest BCUT2D eigenvalue weighted by Crippen LogP contribution is 2.32. The Labute approximate surface area is 108 Å². The summed E-state index contributed by atoms with van der Waals surface area (Å²) in [5, 5.41) is 9.49. The van der Waals surface area contributed by atoms with E-state index in [1.807, 2.05) is 37.3 Å². The number of carbonyl (C=O) groups excluding carboxylic acids is 1. The van der Waals surface area contributed by atoms with E-state index in [0.29, 0.717) is 19.3 Å².